The molecule has 1 amide bonds. The first kappa shape index (κ1) is 15.4. The summed E-state index contributed by atoms with van der Waals surface area (Å²) in [5, 5.41) is 3.10. The highest BCUT2D eigenvalue weighted by atomic mass is 16.5. The van der Waals surface area contributed by atoms with Gasteiger partial charge in [0.15, 0.2) is 0 Å². The number of methoxy groups -OCH3 is 1. The summed E-state index contributed by atoms with van der Waals surface area (Å²) in [7, 11) is 1.71. The van der Waals surface area contributed by atoms with E-state index in [9.17, 15) is 4.79 Å². The first-order valence-electron chi connectivity index (χ1n) is 7.12. The van der Waals surface area contributed by atoms with Crippen molar-refractivity contribution in [3.8, 4) is 0 Å². The maximum Gasteiger partial charge on any atom is 0.220 e. The molecule has 0 atom stereocenters. The molecule has 0 aromatic rings. The summed E-state index contributed by atoms with van der Waals surface area (Å²) in [6, 6.07) is 0.384. The van der Waals surface area contributed by atoms with Crippen molar-refractivity contribution >= 4 is 5.91 Å². The number of rotatable bonds is 9. The minimum atomic E-state index is 0.210. The highest BCUT2D eigenvalue weighted by Gasteiger charge is 2.27. The molecule has 0 saturated carbocycles. The number of likely N-dealkylation sites (tertiary alicyclic amines) is 1. The van der Waals surface area contributed by atoms with Crippen LogP contribution in [0, 0.1) is 5.92 Å². The van der Waals surface area contributed by atoms with Crippen molar-refractivity contribution in [2.24, 2.45) is 5.92 Å². The molecule has 18 heavy (non-hydrogen) atoms. The Morgan fingerprint density at radius 1 is 1.33 bits per heavy atom. The fourth-order valence-corrected chi connectivity index (χ4v) is 2.34. The van der Waals surface area contributed by atoms with Gasteiger partial charge < -0.3 is 10.1 Å². The lowest BCUT2D eigenvalue weighted by atomic mass is 10.1. The van der Waals surface area contributed by atoms with Crippen molar-refractivity contribution in [1.29, 1.82) is 0 Å². The predicted octanol–water partition coefficient (Wildman–Crippen LogP) is 1.65. The molecular weight excluding hydrogens is 228 g/mol. The van der Waals surface area contributed by atoms with Gasteiger partial charge in [-0.15, -0.1) is 0 Å². The molecule has 0 aromatic carbocycles. The third kappa shape index (κ3) is 6.36. The van der Waals surface area contributed by atoms with Crippen molar-refractivity contribution in [2.45, 2.75) is 45.6 Å². The fraction of sp³-hybridized carbons (Fsp3) is 0.929. The molecular formula is C14H28N2O2. The molecule has 0 unspecified atom stereocenters. The normalized spacial score (nSPS) is 16.9. The number of unbranched alkanes of at least 4 members (excludes halogenated alkanes) is 2. The Balaban J connectivity index is 1.95. The van der Waals surface area contributed by atoms with E-state index in [4.69, 9.17) is 4.74 Å². The van der Waals surface area contributed by atoms with E-state index >= 15 is 0 Å². The molecule has 1 saturated heterocycles. The first-order valence-corrected chi connectivity index (χ1v) is 7.12. The van der Waals surface area contributed by atoms with E-state index in [1.807, 2.05) is 0 Å². The van der Waals surface area contributed by atoms with Crippen LogP contribution in [0.3, 0.4) is 0 Å². The van der Waals surface area contributed by atoms with Crippen molar-refractivity contribution in [1.82, 2.24) is 10.2 Å². The van der Waals surface area contributed by atoms with Crippen molar-refractivity contribution in [3.63, 3.8) is 0 Å². The van der Waals surface area contributed by atoms with Crippen LogP contribution in [0.5, 0.6) is 0 Å². The van der Waals surface area contributed by atoms with Gasteiger partial charge in [0.2, 0.25) is 5.91 Å². The summed E-state index contributed by atoms with van der Waals surface area (Å²) in [5.41, 5.74) is 0. The van der Waals surface area contributed by atoms with Crippen LogP contribution < -0.4 is 5.32 Å². The second-order valence-electron chi connectivity index (χ2n) is 5.68. The summed E-state index contributed by atoms with van der Waals surface area (Å²) in [4.78, 5) is 14.0. The number of hydrogen-bond donors (Lipinski definition) is 1. The third-order valence-electron chi connectivity index (χ3n) is 3.20. The topological polar surface area (TPSA) is 41.6 Å². The predicted molar refractivity (Wildman–Crippen MR) is 73.6 cm³/mol. The van der Waals surface area contributed by atoms with Gasteiger partial charge in [0.1, 0.15) is 0 Å². The van der Waals surface area contributed by atoms with Crippen molar-refractivity contribution in [2.75, 3.05) is 33.4 Å². The molecule has 1 aliphatic heterocycles. The number of carbonyl (C=O) groups excluding carboxylic acids is 1. The molecule has 0 aromatic heterocycles. The summed E-state index contributed by atoms with van der Waals surface area (Å²) >= 11 is 0. The zero-order valence-corrected chi connectivity index (χ0v) is 12.1. The molecule has 1 fully saturated rings. The maximum absolute atomic E-state index is 11.6. The monoisotopic (exact) mass is 256 g/mol. The number of hydrogen-bond acceptors (Lipinski definition) is 3. The Morgan fingerprint density at radius 3 is 2.67 bits per heavy atom. The molecule has 4 nitrogen and oxygen atoms in total. The third-order valence-corrected chi connectivity index (χ3v) is 3.20. The summed E-state index contributed by atoms with van der Waals surface area (Å²) < 4.78 is 4.98. The van der Waals surface area contributed by atoms with Gasteiger partial charge in [-0.3, -0.25) is 9.69 Å². The minimum absolute atomic E-state index is 0.210. The van der Waals surface area contributed by atoms with Gasteiger partial charge in [-0.25, -0.2) is 0 Å². The Hall–Kier alpha value is -0.610. The van der Waals surface area contributed by atoms with Crippen LogP contribution in [0.1, 0.15) is 39.5 Å². The Bertz CT molecular complexity index is 238. The van der Waals surface area contributed by atoms with Crippen LogP contribution in [-0.4, -0.2) is 50.2 Å². The number of amides is 1. The van der Waals surface area contributed by atoms with Gasteiger partial charge in [0.25, 0.3) is 0 Å². The Labute approximate surface area is 111 Å². The molecule has 1 N–H and O–H groups in total. The van der Waals surface area contributed by atoms with Gasteiger partial charge in [0.05, 0.1) is 6.04 Å². The van der Waals surface area contributed by atoms with Gasteiger partial charge >= 0.3 is 0 Å². The van der Waals surface area contributed by atoms with E-state index < -0.39 is 0 Å². The van der Waals surface area contributed by atoms with Crippen LogP contribution in [0.15, 0.2) is 0 Å². The number of carbonyl (C=O) groups is 1. The van der Waals surface area contributed by atoms with Gasteiger partial charge in [-0.05, 0) is 18.8 Å². The second-order valence-corrected chi connectivity index (χ2v) is 5.68. The van der Waals surface area contributed by atoms with Crippen LogP contribution in [0.25, 0.3) is 0 Å². The molecule has 106 valence electrons. The highest BCUT2D eigenvalue weighted by molar-refractivity contribution is 5.76. The van der Waals surface area contributed by atoms with Gasteiger partial charge in [-0.1, -0.05) is 20.3 Å². The summed E-state index contributed by atoms with van der Waals surface area (Å²) in [5.74, 6) is 0.920. The molecule has 1 aliphatic rings. The average Bonchev–Trinajstić information content (AvgIpc) is 2.25. The molecule has 0 spiro atoms. The zero-order valence-electron chi connectivity index (χ0n) is 12.1. The SMILES string of the molecule is COCCCCCC(=O)NC1CN(CC(C)C)C1. The van der Waals surface area contributed by atoms with Crippen molar-refractivity contribution < 1.29 is 9.53 Å². The van der Waals surface area contributed by atoms with Crippen LogP contribution in [0.2, 0.25) is 0 Å². The van der Waals surface area contributed by atoms with Crippen LogP contribution in [-0.2, 0) is 9.53 Å². The largest absolute Gasteiger partial charge is 0.385 e. The highest BCUT2D eigenvalue weighted by Crippen LogP contribution is 2.11. The molecule has 1 heterocycles. The van der Waals surface area contributed by atoms with Gasteiger partial charge in [-0.2, -0.15) is 0 Å². The summed E-state index contributed by atoms with van der Waals surface area (Å²) in [6.07, 6.45) is 3.75. The van der Waals surface area contributed by atoms with E-state index in [-0.39, 0.29) is 5.91 Å². The minimum Gasteiger partial charge on any atom is -0.385 e. The number of ether oxygens (including phenoxy) is 1. The molecule has 0 bridgehead atoms. The smallest absolute Gasteiger partial charge is 0.220 e. The second kappa shape index (κ2) is 8.48. The lowest BCUT2D eigenvalue weighted by molar-refractivity contribution is -0.123. The summed E-state index contributed by atoms with van der Waals surface area (Å²) in [6.45, 7) is 8.44. The molecule has 1 rings (SSSR count). The number of nitrogens with zero attached hydrogens (tertiary/aromatic N) is 1. The van der Waals surface area contributed by atoms with Gasteiger partial charge in [0, 0.05) is 39.8 Å². The Morgan fingerprint density at radius 2 is 2.06 bits per heavy atom. The van der Waals surface area contributed by atoms with Crippen LogP contribution in [0.4, 0.5) is 0 Å². The molecule has 0 radical (unpaired) electrons. The first-order chi connectivity index (χ1) is 8.61. The average molecular weight is 256 g/mol. The fourth-order valence-electron chi connectivity index (χ4n) is 2.34. The quantitative estimate of drug-likeness (QED) is 0.638. The molecule has 0 aliphatic carbocycles. The standard InChI is InChI=1S/C14H28N2O2/c1-12(2)9-16-10-13(11-16)15-14(17)7-5-4-6-8-18-3/h12-13H,4-11H2,1-3H3,(H,15,17). The van der Waals surface area contributed by atoms with E-state index in [2.05, 4.69) is 24.1 Å². The molecule has 4 heteroatoms. The zero-order chi connectivity index (χ0) is 13.4. The van der Waals surface area contributed by atoms with E-state index in [0.717, 1.165) is 45.5 Å². The Kier molecular flexibility index (Phi) is 7.28. The maximum atomic E-state index is 11.6. The van der Waals surface area contributed by atoms with E-state index in [1.54, 1.807) is 7.11 Å². The van der Waals surface area contributed by atoms with E-state index in [0.29, 0.717) is 18.4 Å². The number of nitrogens with one attached hydrogen (secondary N) is 1. The van der Waals surface area contributed by atoms with E-state index in [1.165, 1.54) is 0 Å². The lowest BCUT2D eigenvalue weighted by Gasteiger charge is -2.40. The van der Waals surface area contributed by atoms with Crippen LogP contribution >= 0.6 is 0 Å². The lowest BCUT2D eigenvalue weighted by Crippen LogP contribution is -2.59. The van der Waals surface area contributed by atoms with Crippen molar-refractivity contribution in [3.05, 3.63) is 0 Å².